The van der Waals surface area contributed by atoms with Crippen LogP contribution in [0.1, 0.15) is 22.3 Å². The quantitative estimate of drug-likeness (QED) is 0.581. The number of halogens is 1. The number of aryl methyl sites for hydroxylation is 3. The van der Waals surface area contributed by atoms with Gasteiger partial charge in [-0.2, -0.15) is 9.78 Å². The van der Waals surface area contributed by atoms with Gasteiger partial charge >= 0.3 is 0 Å². The zero-order valence-electron chi connectivity index (χ0n) is 15.7. The molecule has 0 saturated heterocycles. The minimum atomic E-state index is 0. The number of aromatic nitrogens is 3. The highest BCUT2D eigenvalue weighted by Gasteiger charge is 2.22. The van der Waals surface area contributed by atoms with Crippen LogP contribution in [0, 0.1) is 20.8 Å². The number of fused-ring (bicyclic) bond motifs is 1. The predicted molar refractivity (Wildman–Crippen MR) is 116 cm³/mol. The second-order valence-electron chi connectivity index (χ2n) is 6.46. The summed E-state index contributed by atoms with van der Waals surface area (Å²) in [6.45, 7) is 6.42. The van der Waals surface area contributed by atoms with E-state index in [-0.39, 0.29) is 17.0 Å². The van der Waals surface area contributed by atoms with E-state index in [9.17, 15) is 0 Å². The van der Waals surface area contributed by atoms with Crippen molar-refractivity contribution in [2.24, 2.45) is 5.10 Å². The normalized spacial score (nSPS) is 12.8. The molecule has 1 aromatic heterocycles. The molecule has 0 atom stereocenters. The van der Waals surface area contributed by atoms with Crippen molar-refractivity contribution in [2.75, 3.05) is 12.9 Å². The van der Waals surface area contributed by atoms with E-state index in [1.165, 1.54) is 22.3 Å². The van der Waals surface area contributed by atoms with Crippen LogP contribution in [0.5, 0.6) is 5.75 Å². The lowest BCUT2D eigenvalue weighted by Crippen LogP contribution is -2.16. The Labute approximate surface area is 173 Å². The molecule has 1 aliphatic heterocycles. The van der Waals surface area contributed by atoms with E-state index < -0.39 is 0 Å². The van der Waals surface area contributed by atoms with E-state index in [1.54, 1.807) is 18.9 Å². The summed E-state index contributed by atoms with van der Waals surface area (Å²) in [5.74, 6) is 2.36. The molecule has 2 aromatic carbocycles. The van der Waals surface area contributed by atoms with Gasteiger partial charge in [-0.25, -0.2) is 0 Å². The zero-order chi connectivity index (χ0) is 18.3. The molecule has 0 bridgehead atoms. The topological polar surface area (TPSA) is 52.3 Å². The van der Waals surface area contributed by atoms with Crippen molar-refractivity contribution in [1.82, 2.24) is 14.9 Å². The molecule has 0 N–H and O–H groups in total. The van der Waals surface area contributed by atoms with Crippen LogP contribution in [0.4, 0.5) is 0 Å². The fourth-order valence-electron chi connectivity index (χ4n) is 3.41. The minimum Gasteiger partial charge on any atom is -0.497 e. The SMILES string of the molecule is Br.COc1ccc(-c2nnc3n2N=C(c2c(C)cc(C)cc2C)CS3)cc1. The Morgan fingerprint density at radius 1 is 1.00 bits per heavy atom. The molecule has 4 rings (SSSR count). The zero-order valence-corrected chi connectivity index (χ0v) is 18.2. The summed E-state index contributed by atoms with van der Waals surface area (Å²) in [6.07, 6.45) is 0. The number of ether oxygens (including phenoxy) is 1. The molecule has 2 heterocycles. The number of hydrogen-bond donors (Lipinski definition) is 0. The minimum absolute atomic E-state index is 0. The highest BCUT2D eigenvalue weighted by molar-refractivity contribution is 8.93. The Morgan fingerprint density at radius 2 is 1.67 bits per heavy atom. The average molecular weight is 445 g/mol. The summed E-state index contributed by atoms with van der Waals surface area (Å²) in [4.78, 5) is 0. The Kier molecular flexibility index (Phi) is 5.72. The Hall–Kier alpha value is -2.12. The molecule has 7 heteroatoms. The molecule has 140 valence electrons. The third kappa shape index (κ3) is 3.66. The first-order valence-electron chi connectivity index (χ1n) is 8.45. The first-order chi connectivity index (χ1) is 12.6. The van der Waals surface area contributed by atoms with Crippen molar-refractivity contribution >= 4 is 34.5 Å². The Bertz CT molecular complexity index is 988. The second kappa shape index (κ2) is 7.86. The third-order valence-corrected chi connectivity index (χ3v) is 5.42. The molecule has 0 amide bonds. The van der Waals surface area contributed by atoms with Gasteiger partial charge in [-0.15, -0.1) is 27.2 Å². The lowest BCUT2D eigenvalue weighted by molar-refractivity contribution is 0.415. The summed E-state index contributed by atoms with van der Waals surface area (Å²) in [7, 11) is 1.66. The fourth-order valence-corrected chi connectivity index (χ4v) is 4.22. The van der Waals surface area contributed by atoms with Gasteiger partial charge in [-0.3, -0.25) is 0 Å². The molecule has 0 saturated carbocycles. The molecule has 0 radical (unpaired) electrons. The lowest BCUT2D eigenvalue weighted by atomic mass is 9.97. The monoisotopic (exact) mass is 444 g/mol. The van der Waals surface area contributed by atoms with Gasteiger partial charge in [0.25, 0.3) is 0 Å². The molecule has 0 unspecified atom stereocenters. The smallest absolute Gasteiger partial charge is 0.212 e. The predicted octanol–water partition coefficient (Wildman–Crippen LogP) is 4.81. The molecular formula is C20H21BrN4OS. The van der Waals surface area contributed by atoms with Crippen LogP contribution in [0.25, 0.3) is 11.4 Å². The van der Waals surface area contributed by atoms with Crippen LogP contribution in [-0.4, -0.2) is 33.4 Å². The van der Waals surface area contributed by atoms with Gasteiger partial charge in [-0.05, 0) is 56.2 Å². The number of nitrogens with zero attached hydrogens (tertiary/aromatic N) is 4. The standard InChI is InChI=1S/C20H20N4OS.BrH/c1-12-9-13(2)18(14(3)10-12)17-11-26-20-22-21-19(24(20)23-17)15-5-7-16(25-4)8-6-15;/h5-10H,11H2,1-4H3;1H. The van der Waals surface area contributed by atoms with Gasteiger partial charge < -0.3 is 4.74 Å². The van der Waals surface area contributed by atoms with Crippen molar-refractivity contribution in [3.8, 4) is 17.1 Å². The third-order valence-electron chi connectivity index (χ3n) is 4.48. The molecule has 27 heavy (non-hydrogen) atoms. The highest BCUT2D eigenvalue weighted by atomic mass is 79.9. The van der Waals surface area contributed by atoms with Gasteiger partial charge in [0.15, 0.2) is 5.82 Å². The number of benzene rings is 2. The summed E-state index contributed by atoms with van der Waals surface area (Å²) >= 11 is 1.67. The number of hydrogen-bond acceptors (Lipinski definition) is 5. The van der Waals surface area contributed by atoms with Gasteiger partial charge in [0.05, 0.1) is 12.8 Å². The van der Waals surface area contributed by atoms with Crippen molar-refractivity contribution in [1.29, 1.82) is 0 Å². The largest absolute Gasteiger partial charge is 0.497 e. The first-order valence-corrected chi connectivity index (χ1v) is 9.44. The molecule has 0 spiro atoms. The van der Waals surface area contributed by atoms with Crippen LogP contribution in [0.3, 0.4) is 0 Å². The fraction of sp³-hybridized carbons (Fsp3) is 0.250. The van der Waals surface area contributed by atoms with E-state index in [2.05, 4.69) is 43.1 Å². The van der Waals surface area contributed by atoms with Crippen molar-refractivity contribution in [3.05, 3.63) is 58.7 Å². The van der Waals surface area contributed by atoms with E-state index in [0.717, 1.165) is 33.8 Å². The maximum Gasteiger partial charge on any atom is 0.212 e. The Morgan fingerprint density at radius 3 is 2.30 bits per heavy atom. The molecular weight excluding hydrogens is 424 g/mol. The van der Waals surface area contributed by atoms with Crippen molar-refractivity contribution in [3.63, 3.8) is 0 Å². The lowest BCUT2D eigenvalue weighted by Gasteiger charge is -2.18. The van der Waals surface area contributed by atoms with Crippen LogP contribution in [0.15, 0.2) is 46.7 Å². The van der Waals surface area contributed by atoms with Gasteiger partial charge in [0, 0.05) is 16.9 Å². The maximum atomic E-state index is 5.24. The van der Waals surface area contributed by atoms with Gasteiger partial charge in [0.2, 0.25) is 5.16 Å². The molecule has 1 aliphatic rings. The Balaban J connectivity index is 0.00000210. The van der Waals surface area contributed by atoms with Crippen LogP contribution < -0.4 is 4.74 Å². The summed E-state index contributed by atoms with van der Waals surface area (Å²) < 4.78 is 7.09. The molecule has 5 nitrogen and oxygen atoms in total. The van der Waals surface area contributed by atoms with Crippen molar-refractivity contribution in [2.45, 2.75) is 25.9 Å². The molecule has 3 aromatic rings. The molecule has 0 fully saturated rings. The van der Waals surface area contributed by atoms with Gasteiger partial charge in [0.1, 0.15) is 5.75 Å². The molecule has 0 aliphatic carbocycles. The summed E-state index contributed by atoms with van der Waals surface area (Å²) in [5.41, 5.74) is 7.04. The van der Waals surface area contributed by atoms with Gasteiger partial charge in [-0.1, -0.05) is 29.5 Å². The first kappa shape index (κ1) is 19.6. The average Bonchev–Trinajstić information content (AvgIpc) is 3.04. The van der Waals surface area contributed by atoms with E-state index in [0.29, 0.717) is 0 Å². The van der Waals surface area contributed by atoms with E-state index >= 15 is 0 Å². The van der Waals surface area contributed by atoms with Crippen LogP contribution in [0.2, 0.25) is 0 Å². The summed E-state index contributed by atoms with van der Waals surface area (Å²) in [6, 6.07) is 12.2. The number of thioether (sulfide) groups is 1. The van der Waals surface area contributed by atoms with Crippen LogP contribution in [-0.2, 0) is 0 Å². The maximum absolute atomic E-state index is 5.24. The number of rotatable bonds is 3. The van der Waals surface area contributed by atoms with Crippen molar-refractivity contribution < 1.29 is 4.74 Å². The van der Waals surface area contributed by atoms with E-state index in [4.69, 9.17) is 9.84 Å². The number of methoxy groups -OCH3 is 1. The highest BCUT2D eigenvalue weighted by Crippen LogP contribution is 2.30. The second-order valence-corrected chi connectivity index (χ2v) is 7.40. The van der Waals surface area contributed by atoms with Crippen LogP contribution >= 0.6 is 28.7 Å². The van der Waals surface area contributed by atoms with E-state index in [1.807, 2.05) is 28.9 Å². The summed E-state index contributed by atoms with van der Waals surface area (Å²) in [5, 5.41) is 14.4.